The van der Waals surface area contributed by atoms with Crippen LogP contribution in [0.5, 0.6) is 0 Å². The quantitative estimate of drug-likeness (QED) is 0.108. The molecule has 0 fully saturated rings. The van der Waals surface area contributed by atoms with Crippen LogP contribution in [0.4, 0.5) is 4.39 Å². The molecule has 0 amide bonds. The van der Waals surface area contributed by atoms with Crippen molar-refractivity contribution >= 4 is 43.1 Å². The van der Waals surface area contributed by atoms with Gasteiger partial charge in [-0.3, -0.25) is 0 Å². The topological polar surface area (TPSA) is 15.5 Å². The van der Waals surface area contributed by atoms with Crippen LogP contribution in [0.15, 0.2) is 279 Å². The van der Waals surface area contributed by atoms with Gasteiger partial charge in [0.1, 0.15) is 34.0 Å². The minimum atomic E-state index is -0.217. The lowest BCUT2D eigenvalue weighted by atomic mass is 9.86. The lowest BCUT2D eigenvalue weighted by Gasteiger charge is -2.19. The minimum absolute atomic E-state index is 0.172. The number of nitrogens with zero attached hydrogens (tertiary/aromatic N) is 4. The summed E-state index contributed by atoms with van der Waals surface area (Å²) in [5.74, 6) is -0.217. The molecule has 0 saturated heterocycles. The van der Waals surface area contributed by atoms with Gasteiger partial charge in [0.2, 0.25) is 22.8 Å². The molecule has 122 heavy (non-hydrogen) atoms. The first-order valence-electron chi connectivity index (χ1n) is 45.5. The highest BCUT2D eigenvalue weighted by Crippen LogP contribution is 2.41. The Kier molecular flexibility index (Phi) is 24.4. The summed E-state index contributed by atoms with van der Waals surface area (Å²) in [5.41, 5.74) is 33.8. The summed E-state index contributed by atoms with van der Waals surface area (Å²) in [6.07, 6.45) is 3.95. The molecule has 5 heteroatoms. The normalized spacial score (nSPS) is 12.3. The Balaban J connectivity index is 0.000000144. The highest BCUT2D eigenvalue weighted by Gasteiger charge is 2.28. The zero-order chi connectivity index (χ0) is 91.1. The van der Waals surface area contributed by atoms with Crippen LogP contribution in [0, 0.1) is 89.8 Å². The standard InChI is InChI=1S/C30H34N.C29H31FN.2C29H32N/c1-20-15-25(24-11-9-8-10-12-24)18-28(22(20)3)29-27-14-13-23(19-30(4,5)6)17-26(27)16-21(2)31(29)7;1-19-14-27(30)26(22-10-8-7-9-11-22)17-25(19)28-24-13-12-21(18-29(3,4)5)16-23(24)15-20(2)31(28)6;1-20-16-24(23-10-8-7-9-11-23)13-15-26(20)28-27-14-12-22(19-29(3,4)5)18-25(27)17-21(2)30(28)6;1-20-12-14-24(23-10-8-7-9-11-23)18-27(20)28-26-15-13-22(19-29(3,4)5)17-25(26)16-21(2)30(28)6/h8-18H,19H2,1-7H3;7-17H,18H2,1-6H3;2*7-18H,19H2,1-6H3/q4*+1/i16D;15D;17D;16D. The van der Waals surface area contributed by atoms with Gasteiger partial charge in [-0.2, -0.15) is 18.3 Å². The number of aryl methyl sites for hydroxylation is 4. The second kappa shape index (κ2) is 36.1. The highest BCUT2D eigenvalue weighted by molar-refractivity contribution is 5.99. The fourth-order valence-electron chi connectivity index (χ4n) is 17.4. The predicted octanol–water partition coefficient (Wildman–Crippen LogP) is 29.3. The van der Waals surface area contributed by atoms with E-state index in [2.05, 4.69) is 383 Å². The van der Waals surface area contributed by atoms with Gasteiger partial charge in [0.05, 0.1) is 43.7 Å². The van der Waals surface area contributed by atoms with E-state index >= 15 is 0 Å². The van der Waals surface area contributed by atoms with Crippen molar-refractivity contribution in [3.05, 3.63) is 358 Å². The van der Waals surface area contributed by atoms with Crippen molar-refractivity contribution in [2.24, 2.45) is 49.9 Å². The van der Waals surface area contributed by atoms with Crippen molar-refractivity contribution in [2.45, 2.75) is 171 Å². The molecule has 12 aromatic carbocycles. The van der Waals surface area contributed by atoms with E-state index in [1.54, 1.807) is 6.07 Å². The van der Waals surface area contributed by atoms with Crippen LogP contribution < -0.4 is 18.3 Å². The first kappa shape index (κ1) is 82.5. The molecule has 16 rings (SSSR count). The van der Waals surface area contributed by atoms with Crippen LogP contribution in [0.25, 0.3) is 133 Å². The van der Waals surface area contributed by atoms with Gasteiger partial charge in [-0.25, -0.2) is 4.39 Å². The minimum Gasteiger partial charge on any atom is -0.206 e. The molecular formula is C117H129FN4+4. The van der Waals surface area contributed by atoms with Crippen LogP contribution >= 0.6 is 0 Å². The van der Waals surface area contributed by atoms with Crippen molar-refractivity contribution in [1.82, 2.24) is 0 Å². The Morgan fingerprint density at radius 3 is 0.885 bits per heavy atom. The number of fused-ring (bicyclic) bond motifs is 4. The fraction of sp³-hybridized carbons (Fsp3) is 0.282. The molecule has 4 heterocycles. The number of hydrogen-bond acceptors (Lipinski definition) is 0. The molecule has 16 aromatic rings. The molecule has 0 atom stereocenters. The summed E-state index contributed by atoms with van der Waals surface area (Å²) in [5, 5.41) is 8.52. The molecule has 4 aromatic heterocycles. The van der Waals surface area contributed by atoms with Gasteiger partial charge in [0.25, 0.3) is 0 Å². The van der Waals surface area contributed by atoms with Crippen molar-refractivity contribution in [1.29, 1.82) is 0 Å². The summed E-state index contributed by atoms with van der Waals surface area (Å²) >= 11 is 0. The highest BCUT2D eigenvalue weighted by atomic mass is 19.1. The van der Waals surface area contributed by atoms with Crippen molar-refractivity contribution in [3.63, 3.8) is 0 Å². The molecule has 620 valence electrons. The van der Waals surface area contributed by atoms with Crippen LogP contribution in [-0.4, -0.2) is 0 Å². The second-order valence-corrected chi connectivity index (χ2v) is 39.1. The number of aromatic nitrogens is 4. The van der Waals surface area contributed by atoms with E-state index in [0.29, 0.717) is 29.7 Å². The van der Waals surface area contributed by atoms with Crippen molar-refractivity contribution in [3.8, 4) is 89.5 Å². The van der Waals surface area contributed by atoms with E-state index in [4.69, 9.17) is 5.48 Å². The summed E-state index contributed by atoms with van der Waals surface area (Å²) in [7, 11) is 8.25. The third-order valence-electron chi connectivity index (χ3n) is 23.8. The molecule has 0 N–H and O–H groups in total. The summed E-state index contributed by atoms with van der Waals surface area (Å²) in [6, 6.07) is 91.9. The predicted molar refractivity (Wildman–Crippen MR) is 519 cm³/mol. The van der Waals surface area contributed by atoms with E-state index in [1.165, 1.54) is 112 Å². The molecule has 0 aliphatic carbocycles. The Morgan fingerprint density at radius 2 is 0.533 bits per heavy atom. The molecule has 0 spiro atoms. The number of benzene rings is 12. The summed E-state index contributed by atoms with van der Waals surface area (Å²) in [6.45, 7) is 45.9. The van der Waals surface area contributed by atoms with E-state index in [0.717, 1.165) is 114 Å². The van der Waals surface area contributed by atoms with Crippen LogP contribution in [0.1, 0.15) is 161 Å². The zero-order valence-corrected chi connectivity index (χ0v) is 77.2. The number of halogens is 1. The summed E-state index contributed by atoms with van der Waals surface area (Å²) < 4.78 is 58.9. The van der Waals surface area contributed by atoms with Gasteiger partial charge in [-0.15, -0.1) is 0 Å². The molecular weight excluding hydrogens is 1480 g/mol. The van der Waals surface area contributed by atoms with E-state index in [1.807, 2.05) is 57.3 Å². The van der Waals surface area contributed by atoms with E-state index in [9.17, 15) is 4.39 Å². The lowest BCUT2D eigenvalue weighted by molar-refractivity contribution is -0.665. The molecule has 0 saturated carbocycles. The number of rotatable bonds is 12. The first-order chi connectivity index (χ1) is 59.4. The van der Waals surface area contributed by atoms with Crippen LogP contribution in [0.3, 0.4) is 0 Å². The molecule has 0 aliphatic heterocycles. The van der Waals surface area contributed by atoms with Gasteiger partial charge in [-0.1, -0.05) is 283 Å². The second-order valence-electron chi connectivity index (χ2n) is 39.1. The maximum absolute atomic E-state index is 15.0. The van der Waals surface area contributed by atoms with E-state index < -0.39 is 0 Å². The average Bonchev–Trinajstić information content (AvgIpc) is 0.779. The van der Waals surface area contributed by atoms with Gasteiger partial charge < -0.3 is 0 Å². The Hall–Kier alpha value is -11.8. The Bertz CT molecular complexity index is 6800. The smallest absolute Gasteiger partial charge is 0.206 e. The molecule has 0 bridgehead atoms. The summed E-state index contributed by atoms with van der Waals surface area (Å²) in [4.78, 5) is 0. The first-order valence-corrected chi connectivity index (χ1v) is 43.5. The Labute approximate surface area is 734 Å². The third-order valence-corrected chi connectivity index (χ3v) is 23.8. The molecule has 0 aliphatic rings. The van der Waals surface area contributed by atoms with Crippen LogP contribution in [0.2, 0.25) is 0 Å². The van der Waals surface area contributed by atoms with Gasteiger partial charge in [-0.05, 0) is 247 Å². The lowest BCUT2D eigenvalue weighted by Crippen LogP contribution is -2.35. The number of pyridine rings is 4. The SMILES string of the molecule is [2H]c1c(C)[n+](C)c(-c2cc(-c3ccccc3)c(F)cc2C)c2ccc(CC(C)(C)C)cc12.[2H]c1c(C)[n+](C)c(-c2cc(-c3ccccc3)cc(C)c2C)c2ccc(CC(C)(C)C)cc12.[2H]c1c(C)[n+](C)c(-c2cc(-c3ccccc3)ccc2C)c2ccc(CC(C)(C)C)cc12.[2H]c1c(C)[n+](C)c(-c2ccc(-c3ccccc3)cc2C)c2ccc(CC(C)(C)C)cc12. The van der Waals surface area contributed by atoms with Crippen molar-refractivity contribution in [2.75, 3.05) is 0 Å². The average molecular weight is 1610 g/mol. The van der Waals surface area contributed by atoms with Gasteiger partial charge >= 0.3 is 0 Å². The van der Waals surface area contributed by atoms with Crippen LogP contribution in [-0.2, 0) is 53.9 Å². The van der Waals surface area contributed by atoms with Gasteiger partial charge in [0, 0.05) is 63.0 Å². The number of hydrogen-bond donors (Lipinski definition) is 0. The maximum Gasteiger partial charge on any atom is 0.220 e. The monoisotopic (exact) mass is 1610 g/mol. The largest absolute Gasteiger partial charge is 0.220 e. The molecule has 4 nitrogen and oxygen atoms in total. The van der Waals surface area contributed by atoms with E-state index in [-0.39, 0.29) is 27.5 Å². The maximum atomic E-state index is 15.0. The Morgan fingerprint density at radius 1 is 0.246 bits per heavy atom. The van der Waals surface area contributed by atoms with Gasteiger partial charge in [0.15, 0.2) is 22.8 Å². The zero-order valence-electron chi connectivity index (χ0n) is 81.2. The molecule has 0 radical (unpaired) electrons. The fourth-order valence-corrected chi connectivity index (χ4v) is 17.4. The molecule has 0 unspecified atom stereocenters. The third kappa shape index (κ3) is 20.5. The van der Waals surface area contributed by atoms with Crippen molar-refractivity contribution < 1.29 is 28.1 Å².